The Morgan fingerprint density at radius 1 is 0.914 bits per heavy atom. The highest BCUT2D eigenvalue weighted by Gasteiger charge is 2.61. The molecule has 2 aliphatic rings. The number of morpholine rings is 1. The molecule has 2 fully saturated rings. The van der Waals surface area contributed by atoms with Gasteiger partial charge in [-0.15, -0.1) is 0 Å². The van der Waals surface area contributed by atoms with E-state index < -0.39 is 30.0 Å². The van der Waals surface area contributed by atoms with Crippen molar-refractivity contribution in [2.45, 2.75) is 43.8 Å². The lowest BCUT2D eigenvalue weighted by atomic mass is 9.81. The SMILES string of the molecule is O=C(c1ccc(OC(F)(F)C(F)(F)F)cc1)C1CC2COCC(C1)N2C(=O)OCc1ccccc1. The molecule has 2 bridgehead atoms. The first-order chi connectivity index (χ1) is 16.5. The Morgan fingerprint density at radius 2 is 1.51 bits per heavy atom. The number of ether oxygens (including phenoxy) is 3. The predicted molar refractivity (Wildman–Crippen MR) is 112 cm³/mol. The Labute approximate surface area is 197 Å². The number of nitrogens with zero attached hydrogens (tertiary/aromatic N) is 1. The minimum Gasteiger partial charge on any atom is -0.445 e. The van der Waals surface area contributed by atoms with Crippen LogP contribution in [0.1, 0.15) is 28.8 Å². The third-order valence-corrected chi connectivity index (χ3v) is 6.02. The molecule has 2 aromatic rings. The number of hydrogen-bond donors (Lipinski definition) is 0. The number of carbonyl (C=O) groups is 2. The molecule has 4 rings (SSSR count). The maximum Gasteiger partial charge on any atom is 0.499 e. The number of Topliss-reactive ketones (excluding diaryl/α,β-unsaturated/α-hetero) is 1. The van der Waals surface area contributed by atoms with Crippen molar-refractivity contribution >= 4 is 11.9 Å². The summed E-state index contributed by atoms with van der Waals surface area (Å²) in [5.41, 5.74) is 0.990. The molecule has 0 aliphatic carbocycles. The van der Waals surface area contributed by atoms with Gasteiger partial charge in [0, 0.05) is 11.5 Å². The summed E-state index contributed by atoms with van der Waals surface area (Å²) in [4.78, 5) is 27.4. The second kappa shape index (κ2) is 9.80. The monoisotopic (exact) mass is 499 g/mol. The van der Waals surface area contributed by atoms with Crippen molar-refractivity contribution in [2.24, 2.45) is 5.92 Å². The molecule has 0 N–H and O–H groups in total. The van der Waals surface area contributed by atoms with Crippen LogP contribution >= 0.6 is 0 Å². The van der Waals surface area contributed by atoms with Gasteiger partial charge in [0.25, 0.3) is 0 Å². The molecule has 188 valence electrons. The molecule has 2 atom stereocenters. The molecule has 1 amide bonds. The second-order valence-electron chi connectivity index (χ2n) is 8.47. The van der Waals surface area contributed by atoms with Crippen LogP contribution < -0.4 is 4.74 Å². The van der Waals surface area contributed by atoms with E-state index in [1.165, 1.54) is 0 Å². The summed E-state index contributed by atoms with van der Waals surface area (Å²) in [7, 11) is 0. The first kappa shape index (κ1) is 24.9. The van der Waals surface area contributed by atoms with Crippen LogP contribution in [0.5, 0.6) is 5.75 Å². The Balaban J connectivity index is 1.39. The normalized spacial score (nSPS) is 22.4. The minimum atomic E-state index is -5.86. The summed E-state index contributed by atoms with van der Waals surface area (Å²) in [5, 5.41) is 0. The number of piperidine rings is 1. The molecule has 0 saturated carbocycles. The van der Waals surface area contributed by atoms with Gasteiger partial charge >= 0.3 is 18.4 Å². The third-order valence-electron chi connectivity index (χ3n) is 6.02. The van der Waals surface area contributed by atoms with E-state index in [0.29, 0.717) is 12.8 Å². The smallest absolute Gasteiger partial charge is 0.445 e. The van der Waals surface area contributed by atoms with Crippen molar-refractivity contribution in [2.75, 3.05) is 13.2 Å². The summed E-state index contributed by atoms with van der Waals surface area (Å²) < 4.78 is 77.9. The largest absolute Gasteiger partial charge is 0.499 e. The molecular formula is C24H22F5NO5. The lowest BCUT2D eigenvalue weighted by Crippen LogP contribution is -2.59. The summed E-state index contributed by atoms with van der Waals surface area (Å²) in [6, 6.07) is 12.5. The maximum absolute atomic E-state index is 13.1. The molecule has 6 nitrogen and oxygen atoms in total. The Hall–Kier alpha value is -3.21. The highest BCUT2D eigenvalue weighted by atomic mass is 19.4. The fourth-order valence-electron chi connectivity index (χ4n) is 4.35. The molecule has 11 heteroatoms. The first-order valence-corrected chi connectivity index (χ1v) is 10.9. The van der Waals surface area contributed by atoms with E-state index in [1.807, 2.05) is 30.3 Å². The number of benzene rings is 2. The predicted octanol–water partition coefficient (Wildman–Crippen LogP) is 5.22. The van der Waals surface area contributed by atoms with E-state index >= 15 is 0 Å². The molecule has 2 saturated heterocycles. The van der Waals surface area contributed by atoms with Crippen molar-refractivity contribution in [3.8, 4) is 5.75 Å². The van der Waals surface area contributed by atoms with Crippen molar-refractivity contribution in [1.29, 1.82) is 0 Å². The standard InChI is InChI=1S/C24H22F5NO5/c25-23(26,27)24(28,29)35-20-8-6-16(7-9-20)21(31)17-10-18-13-33-14-19(11-17)30(18)22(32)34-12-15-4-2-1-3-5-15/h1-9,17-19H,10-14H2. The van der Waals surface area contributed by atoms with Gasteiger partial charge in [-0.3, -0.25) is 9.69 Å². The summed E-state index contributed by atoms with van der Waals surface area (Å²) in [5.74, 6) is -1.49. The van der Waals surface area contributed by atoms with E-state index in [-0.39, 0.29) is 43.3 Å². The molecule has 2 aromatic carbocycles. The van der Waals surface area contributed by atoms with Crippen molar-refractivity contribution in [3.63, 3.8) is 0 Å². The fourth-order valence-corrected chi connectivity index (χ4v) is 4.35. The molecule has 35 heavy (non-hydrogen) atoms. The lowest BCUT2D eigenvalue weighted by Gasteiger charge is -2.47. The molecule has 0 aromatic heterocycles. The van der Waals surface area contributed by atoms with Gasteiger partial charge in [0.15, 0.2) is 5.78 Å². The maximum atomic E-state index is 13.1. The number of amides is 1. The fraction of sp³-hybridized carbons (Fsp3) is 0.417. The average Bonchev–Trinajstić information content (AvgIpc) is 2.81. The van der Waals surface area contributed by atoms with E-state index in [2.05, 4.69) is 4.74 Å². The van der Waals surface area contributed by atoms with E-state index in [1.54, 1.807) is 4.90 Å². The van der Waals surface area contributed by atoms with Crippen LogP contribution in [0.3, 0.4) is 0 Å². The zero-order chi connectivity index (χ0) is 25.2. The van der Waals surface area contributed by atoms with Gasteiger partial charge in [-0.2, -0.15) is 22.0 Å². The van der Waals surface area contributed by atoms with Gasteiger partial charge in [-0.25, -0.2) is 4.79 Å². The molecular weight excluding hydrogens is 477 g/mol. The van der Waals surface area contributed by atoms with Gasteiger partial charge in [0.1, 0.15) is 12.4 Å². The van der Waals surface area contributed by atoms with Crippen LogP contribution in [0.15, 0.2) is 54.6 Å². The van der Waals surface area contributed by atoms with Crippen LogP contribution in [-0.4, -0.2) is 54.4 Å². The van der Waals surface area contributed by atoms with Crippen molar-refractivity contribution in [3.05, 3.63) is 65.7 Å². The van der Waals surface area contributed by atoms with Gasteiger partial charge in [-0.05, 0) is 42.7 Å². The van der Waals surface area contributed by atoms with Gasteiger partial charge < -0.3 is 14.2 Å². The number of rotatable bonds is 6. The van der Waals surface area contributed by atoms with Gasteiger partial charge in [0.05, 0.1) is 25.3 Å². The first-order valence-electron chi connectivity index (χ1n) is 10.9. The minimum absolute atomic E-state index is 0.112. The summed E-state index contributed by atoms with van der Waals surface area (Å²) >= 11 is 0. The number of alkyl halides is 5. The molecule has 2 heterocycles. The number of ketones is 1. The lowest BCUT2D eigenvalue weighted by molar-refractivity contribution is -0.360. The highest BCUT2D eigenvalue weighted by molar-refractivity contribution is 5.98. The van der Waals surface area contributed by atoms with Crippen LogP contribution in [-0.2, 0) is 16.1 Å². The van der Waals surface area contributed by atoms with E-state index in [0.717, 1.165) is 29.8 Å². The summed E-state index contributed by atoms with van der Waals surface area (Å²) in [6.07, 6.45) is -11.1. The van der Waals surface area contributed by atoms with Gasteiger partial charge in [0.2, 0.25) is 0 Å². The molecule has 0 spiro atoms. The van der Waals surface area contributed by atoms with E-state index in [9.17, 15) is 31.5 Å². The molecule has 2 unspecified atom stereocenters. The Morgan fingerprint density at radius 3 is 2.09 bits per heavy atom. The van der Waals surface area contributed by atoms with Crippen LogP contribution in [0, 0.1) is 5.92 Å². The van der Waals surface area contributed by atoms with Crippen molar-refractivity contribution < 1.29 is 45.8 Å². The van der Waals surface area contributed by atoms with Crippen LogP contribution in [0.25, 0.3) is 0 Å². The number of fused-ring (bicyclic) bond motifs is 2. The van der Waals surface area contributed by atoms with Crippen molar-refractivity contribution in [1.82, 2.24) is 4.90 Å². The summed E-state index contributed by atoms with van der Waals surface area (Å²) in [6.45, 7) is 0.584. The topological polar surface area (TPSA) is 65.1 Å². The third kappa shape index (κ3) is 5.55. The van der Waals surface area contributed by atoms with E-state index in [4.69, 9.17) is 9.47 Å². The van der Waals surface area contributed by atoms with Crippen LogP contribution in [0.4, 0.5) is 26.7 Å². The second-order valence-corrected chi connectivity index (χ2v) is 8.47. The zero-order valence-electron chi connectivity index (χ0n) is 18.3. The Bertz CT molecular complexity index is 1030. The van der Waals surface area contributed by atoms with Gasteiger partial charge in [-0.1, -0.05) is 30.3 Å². The average molecular weight is 499 g/mol. The highest BCUT2D eigenvalue weighted by Crippen LogP contribution is 2.38. The molecule has 2 aliphatic heterocycles. The zero-order valence-corrected chi connectivity index (χ0v) is 18.3. The number of halogens is 5. The number of carbonyl (C=O) groups excluding carboxylic acids is 2. The van der Waals surface area contributed by atoms with Crippen LogP contribution in [0.2, 0.25) is 0 Å². The quantitative estimate of drug-likeness (QED) is 0.403. The molecule has 0 radical (unpaired) electrons. The Kier molecular flexibility index (Phi) is 6.98. The number of hydrogen-bond acceptors (Lipinski definition) is 5.